The van der Waals surface area contributed by atoms with Crippen LogP contribution in [0.15, 0.2) is 12.4 Å². The maximum Gasteiger partial charge on any atom is 0.157 e. The summed E-state index contributed by atoms with van der Waals surface area (Å²) >= 11 is 0. The summed E-state index contributed by atoms with van der Waals surface area (Å²) in [5.74, 6) is 3.95. The van der Waals surface area contributed by atoms with E-state index >= 15 is 0 Å². The fourth-order valence-corrected chi connectivity index (χ4v) is 9.12. The van der Waals surface area contributed by atoms with Crippen LogP contribution in [0.3, 0.4) is 0 Å². The van der Waals surface area contributed by atoms with Gasteiger partial charge in [-0.1, -0.05) is 6.92 Å². The highest BCUT2D eigenvalue weighted by Crippen LogP contribution is 2.66. The Kier molecular flexibility index (Phi) is 6.16. The second-order valence-corrected chi connectivity index (χ2v) is 11.6. The normalized spacial score (nSPS) is 42.1. The lowest BCUT2D eigenvalue weighted by molar-refractivity contribution is -0.139. The fourth-order valence-electron chi connectivity index (χ4n) is 9.12. The maximum atomic E-state index is 13.5. The van der Waals surface area contributed by atoms with Crippen LogP contribution in [0.2, 0.25) is 0 Å². The van der Waals surface area contributed by atoms with Crippen molar-refractivity contribution in [2.24, 2.45) is 40.9 Å². The molecule has 6 heteroatoms. The van der Waals surface area contributed by atoms with Crippen LogP contribution in [-0.2, 0) is 16.1 Å². The van der Waals surface area contributed by atoms with E-state index in [0.29, 0.717) is 29.8 Å². The maximum absolute atomic E-state index is 13.5. The SMILES string of the molecule is CC[C@]12CC[C@H]3[C@@H](CC[C@@H]4C[C@@](O)(COC)CC[C@@H]43)[C@@H]1CC[C@@H]2C(=O)Cn1cc(C#N)cn1. The first-order chi connectivity index (χ1) is 15.9. The topological polar surface area (TPSA) is 88.1 Å². The molecule has 4 saturated carbocycles. The summed E-state index contributed by atoms with van der Waals surface area (Å²) in [5.41, 5.74) is 0.0224. The van der Waals surface area contributed by atoms with E-state index in [0.717, 1.165) is 49.9 Å². The third-order valence-corrected chi connectivity index (χ3v) is 10.4. The van der Waals surface area contributed by atoms with Crippen molar-refractivity contribution in [1.82, 2.24) is 9.78 Å². The third kappa shape index (κ3) is 3.86. The Hall–Kier alpha value is -1.71. The average molecular weight is 454 g/mol. The summed E-state index contributed by atoms with van der Waals surface area (Å²) in [5, 5.41) is 24.3. The van der Waals surface area contributed by atoms with E-state index in [1.807, 2.05) is 0 Å². The van der Waals surface area contributed by atoms with Crippen LogP contribution in [0, 0.1) is 52.3 Å². The molecular formula is C27H39N3O3. The summed E-state index contributed by atoms with van der Waals surface area (Å²) in [6.07, 6.45) is 14.3. The number of Topliss-reactive ketones (excluding diaryl/α,β-unsaturated/α-hetero) is 1. The molecule has 0 aromatic carbocycles. The van der Waals surface area contributed by atoms with Gasteiger partial charge in [0, 0.05) is 19.2 Å². The summed E-state index contributed by atoms with van der Waals surface area (Å²) in [6.45, 7) is 3.05. The molecule has 1 heterocycles. The molecule has 0 aliphatic heterocycles. The zero-order valence-electron chi connectivity index (χ0n) is 20.2. The quantitative estimate of drug-likeness (QED) is 0.691. The number of carbonyl (C=O) groups excluding carboxylic acids is 1. The predicted octanol–water partition coefficient (Wildman–Crippen LogP) is 4.36. The zero-order chi connectivity index (χ0) is 23.2. The van der Waals surface area contributed by atoms with Crippen LogP contribution < -0.4 is 0 Å². The number of aliphatic hydroxyl groups is 1. The monoisotopic (exact) mass is 453 g/mol. The van der Waals surface area contributed by atoms with Crippen molar-refractivity contribution in [3.8, 4) is 6.07 Å². The van der Waals surface area contributed by atoms with Crippen molar-refractivity contribution in [1.29, 1.82) is 5.26 Å². The number of hydrogen-bond donors (Lipinski definition) is 1. The van der Waals surface area contributed by atoms with Gasteiger partial charge in [-0.25, -0.2) is 0 Å². The highest BCUT2D eigenvalue weighted by molar-refractivity contribution is 5.82. The Bertz CT molecular complexity index is 922. The number of ketones is 1. The van der Waals surface area contributed by atoms with Crippen molar-refractivity contribution < 1.29 is 14.6 Å². The Labute approximate surface area is 197 Å². The fraction of sp³-hybridized carbons (Fsp3) is 0.815. The molecule has 33 heavy (non-hydrogen) atoms. The second-order valence-electron chi connectivity index (χ2n) is 11.6. The van der Waals surface area contributed by atoms with Gasteiger partial charge in [-0.15, -0.1) is 0 Å². The molecule has 0 saturated heterocycles. The minimum Gasteiger partial charge on any atom is -0.387 e. The molecule has 4 aliphatic rings. The standard InChI is InChI=1S/C27H39N3O3/c1-3-27-11-9-21-20-8-10-26(32,17-33-2)12-19(20)4-5-22(21)23(27)6-7-24(27)25(31)16-30-15-18(13-28)14-29-30/h14-15,19-24,32H,3-12,16-17H2,1-2H3/t19-,20+,21-,22-,23+,24-,26-,27+/m1/s1. The van der Waals surface area contributed by atoms with Crippen molar-refractivity contribution in [2.45, 2.75) is 83.3 Å². The number of fused-ring (bicyclic) bond motifs is 5. The second kappa shape index (κ2) is 8.82. The van der Waals surface area contributed by atoms with E-state index in [9.17, 15) is 9.90 Å². The van der Waals surface area contributed by atoms with Crippen LogP contribution in [0.25, 0.3) is 0 Å². The zero-order valence-corrected chi connectivity index (χ0v) is 20.2. The van der Waals surface area contributed by atoms with Gasteiger partial charge in [-0.2, -0.15) is 10.4 Å². The van der Waals surface area contributed by atoms with Crippen molar-refractivity contribution >= 4 is 5.78 Å². The minimum absolute atomic E-state index is 0.124. The number of ether oxygens (including phenoxy) is 1. The van der Waals surface area contributed by atoms with Gasteiger partial charge in [-0.3, -0.25) is 9.48 Å². The lowest BCUT2D eigenvalue weighted by atomic mass is 9.48. The summed E-state index contributed by atoms with van der Waals surface area (Å²) < 4.78 is 6.99. The van der Waals surface area contributed by atoms with Gasteiger partial charge in [0.2, 0.25) is 0 Å². The summed E-state index contributed by atoms with van der Waals surface area (Å²) in [4.78, 5) is 13.5. The van der Waals surface area contributed by atoms with E-state index in [4.69, 9.17) is 10.00 Å². The van der Waals surface area contributed by atoms with Gasteiger partial charge in [0.05, 0.1) is 30.5 Å². The molecule has 8 atom stereocenters. The highest BCUT2D eigenvalue weighted by Gasteiger charge is 2.60. The van der Waals surface area contributed by atoms with Crippen LogP contribution >= 0.6 is 0 Å². The molecule has 0 radical (unpaired) electrons. The lowest BCUT2D eigenvalue weighted by Crippen LogP contribution is -2.53. The summed E-state index contributed by atoms with van der Waals surface area (Å²) in [7, 11) is 1.69. The lowest BCUT2D eigenvalue weighted by Gasteiger charge is -2.57. The van der Waals surface area contributed by atoms with E-state index in [2.05, 4.69) is 18.1 Å². The molecule has 0 spiro atoms. The average Bonchev–Trinajstić information content (AvgIpc) is 3.43. The van der Waals surface area contributed by atoms with Crippen LogP contribution in [0.1, 0.15) is 76.7 Å². The Balaban J connectivity index is 1.31. The van der Waals surface area contributed by atoms with E-state index in [1.54, 1.807) is 24.2 Å². The first-order valence-corrected chi connectivity index (χ1v) is 13.1. The van der Waals surface area contributed by atoms with E-state index < -0.39 is 5.60 Å². The van der Waals surface area contributed by atoms with Gasteiger partial charge in [0.15, 0.2) is 5.78 Å². The smallest absolute Gasteiger partial charge is 0.157 e. The van der Waals surface area contributed by atoms with E-state index in [-0.39, 0.29) is 17.9 Å². The first kappa shape index (κ1) is 23.1. The number of nitrogens with zero attached hydrogens (tertiary/aromatic N) is 3. The molecule has 0 unspecified atom stereocenters. The third-order valence-electron chi connectivity index (χ3n) is 10.4. The molecule has 1 aromatic heterocycles. The van der Waals surface area contributed by atoms with Gasteiger partial charge in [0.25, 0.3) is 0 Å². The molecule has 1 N–H and O–H groups in total. The number of methoxy groups -OCH3 is 1. The van der Waals surface area contributed by atoms with Crippen LogP contribution in [-0.4, -0.2) is 40.0 Å². The Morgan fingerprint density at radius 3 is 2.76 bits per heavy atom. The van der Waals surface area contributed by atoms with Crippen LogP contribution in [0.4, 0.5) is 0 Å². The number of nitriles is 1. The predicted molar refractivity (Wildman–Crippen MR) is 124 cm³/mol. The molecule has 0 amide bonds. The largest absolute Gasteiger partial charge is 0.387 e. The van der Waals surface area contributed by atoms with Gasteiger partial charge < -0.3 is 9.84 Å². The van der Waals surface area contributed by atoms with Crippen molar-refractivity contribution in [3.63, 3.8) is 0 Å². The molecule has 1 aromatic rings. The van der Waals surface area contributed by atoms with Gasteiger partial charge in [-0.05, 0) is 99.2 Å². The number of hydrogen-bond acceptors (Lipinski definition) is 5. The first-order valence-electron chi connectivity index (χ1n) is 13.1. The van der Waals surface area contributed by atoms with Gasteiger partial charge in [0.1, 0.15) is 6.07 Å². The minimum atomic E-state index is -0.632. The molecule has 6 nitrogen and oxygen atoms in total. The molecule has 180 valence electrons. The van der Waals surface area contributed by atoms with E-state index in [1.165, 1.54) is 32.1 Å². The summed E-state index contributed by atoms with van der Waals surface area (Å²) in [6, 6.07) is 2.10. The number of carbonyl (C=O) groups is 1. The number of aromatic nitrogens is 2. The number of rotatable bonds is 6. The molecule has 5 rings (SSSR count). The molecule has 4 fully saturated rings. The molecule has 4 aliphatic carbocycles. The van der Waals surface area contributed by atoms with Crippen LogP contribution in [0.5, 0.6) is 0 Å². The molecule has 0 bridgehead atoms. The Morgan fingerprint density at radius 1 is 1.21 bits per heavy atom. The Morgan fingerprint density at radius 2 is 2.03 bits per heavy atom. The van der Waals surface area contributed by atoms with Gasteiger partial charge >= 0.3 is 0 Å². The van der Waals surface area contributed by atoms with Crippen molar-refractivity contribution in [3.05, 3.63) is 18.0 Å². The van der Waals surface area contributed by atoms with Crippen molar-refractivity contribution in [2.75, 3.05) is 13.7 Å². The highest BCUT2D eigenvalue weighted by atomic mass is 16.5. The molecular weight excluding hydrogens is 414 g/mol.